The van der Waals surface area contributed by atoms with Gasteiger partial charge in [0.2, 0.25) is 0 Å². The van der Waals surface area contributed by atoms with Crippen molar-refractivity contribution >= 4 is 22.4 Å². The first kappa shape index (κ1) is 14.6. The Hall–Kier alpha value is -1.44. The van der Waals surface area contributed by atoms with Gasteiger partial charge in [-0.2, -0.15) is 8.42 Å². The van der Waals surface area contributed by atoms with E-state index >= 15 is 0 Å². The minimum Gasteiger partial charge on any atom is -0.377 e. The fraction of sp³-hybridized carbons (Fsp3) is 0.222. The third kappa shape index (κ3) is 6.93. The number of rotatable bonds is 2. The number of carbonyl (C=O) groups excluding carboxylic acids is 1. The molecule has 0 unspecified atom stereocenters. The van der Waals surface area contributed by atoms with Gasteiger partial charge in [0.05, 0.1) is 0 Å². The molecule has 0 aliphatic rings. The quantitative estimate of drug-likeness (QED) is 0.596. The Bertz CT molecular complexity index is 433. The maximum atomic E-state index is 10.5. The lowest BCUT2D eigenvalue weighted by atomic mass is 10.2. The van der Waals surface area contributed by atoms with Crippen molar-refractivity contribution in [3.8, 4) is 0 Å². The topological polar surface area (TPSA) is 94.9 Å². The smallest absolute Gasteiger partial charge is 0.377 e. The Labute approximate surface area is 94.1 Å². The van der Waals surface area contributed by atoms with E-state index in [-0.39, 0.29) is 0 Å². The van der Waals surface area contributed by atoms with Crippen LogP contribution in [0, 0.1) is 0 Å². The molecular weight excluding hydrogens is 234 g/mol. The molecule has 7 heteroatoms. The molecule has 1 rings (SSSR count). The third-order valence-corrected chi connectivity index (χ3v) is 1.55. The van der Waals surface area contributed by atoms with Crippen molar-refractivity contribution in [2.75, 3.05) is 19.0 Å². The average molecular weight is 247 g/mol. The molecule has 0 bridgehead atoms. The Morgan fingerprint density at radius 2 is 1.62 bits per heavy atom. The lowest BCUT2D eigenvalue weighted by Gasteiger charge is -2.13. The van der Waals surface area contributed by atoms with Crippen LogP contribution in [0.2, 0.25) is 0 Å². The van der Waals surface area contributed by atoms with Crippen LogP contribution in [0.1, 0.15) is 10.4 Å². The van der Waals surface area contributed by atoms with Gasteiger partial charge in [-0.3, -0.25) is 13.9 Å². The Morgan fingerprint density at radius 3 is 1.94 bits per heavy atom. The first-order valence-electron chi connectivity index (χ1n) is 4.17. The van der Waals surface area contributed by atoms with E-state index in [0.717, 1.165) is 17.5 Å². The van der Waals surface area contributed by atoms with Gasteiger partial charge < -0.3 is 4.90 Å². The SMILES string of the molecule is CN(C)c1ccccc1C=O.O=S(=O)(O)O. The summed E-state index contributed by atoms with van der Waals surface area (Å²) in [5.41, 5.74) is 1.69. The highest BCUT2D eigenvalue weighted by atomic mass is 32.3. The molecule has 0 saturated carbocycles. The van der Waals surface area contributed by atoms with Gasteiger partial charge in [-0.25, -0.2) is 0 Å². The highest BCUT2D eigenvalue weighted by molar-refractivity contribution is 7.79. The molecule has 1 aromatic rings. The van der Waals surface area contributed by atoms with Gasteiger partial charge in [0.25, 0.3) is 0 Å². The van der Waals surface area contributed by atoms with Gasteiger partial charge in [0.1, 0.15) is 0 Å². The highest BCUT2D eigenvalue weighted by Gasteiger charge is 1.99. The Kier molecular flexibility index (Phi) is 5.65. The van der Waals surface area contributed by atoms with Crippen LogP contribution in [-0.2, 0) is 10.4 Å². The second kappa shape index (κ2) is 6.21. The molecule has 2 N–H and O–H groups in total. The van der Waals surface area contributed by atoms with Crippen LogP contribution in [0.3, 0.4) is 0 Å². The molecule has 0 aliphatic carbocycles. The van der Waals surface area contributed by atoms with E-state index < -0.39 is 10.4 Å². The molecule has 0 aliphatic heterocycles. The van der Waals surface area contributed by atoms with E-state index in [0.29, 0.717) is 0 Å². The van der Waals surface area contributed by atoms with E-state index in [4.69, 9.17) is 17.5 Å². The van der Waals surface area contributed by atoms with Crippen molar-refractivity contribution in [3.05, 3.63) is 29.8 Å². The summed E-state index contributed by atoms with van der Waals surface area (Å²) >= 11 is 0. The molecule has 0 amide bonds. The van der Waals surface area contributed by atoms with Crippen LogP contribution in [0.15, 0.2) is 24.3 Å². The summed E-state index contributed by atoms with van der Waals surface area (Å²) < 4.78 is 31.6. The second-order valence-electron chi connectivity index (χ2n) is 3.02. The number of para-hydroxylation sites is 1. The zero-order chi connectivity index (χ0) is 12.8. The molecule has 0 aromatic heterocycles. The first-order valence-corrected chi connectivity index (χ1v) is 5.57. The molecular formula is C9H13NO5S. The first-order chi connectivity index (χ1) is 7.25. The van der Waals surface area contributed by atoms with Crippen molar-refractivity contribution in [1.82, 2.24) is 0 Å². The third-order valence-electron chi connectivity index (χ3n) is 1.55. The monoisotopic (exact) mass is 247 g/mol. The van der Waals surface area contributed by atoms with Crippen molar-refractivity contribution in [1.29, 1.82) is 0 Å². The fourth-order valence-corrected chi connectivity index (χ4v) is 0.994. The summed E-state index contributed by atoms with van der Waals surface area (Å²) in [5.74, 6) is 0. The van der Waals surface area contributed by atoms with E-state index in [9.17, 15) is 4.79 Å². The number of nitrogens with zero attached hydrogens (tertiary/aromatic N) is 1. The lowest BCUT2D eigenvalue weighted by molar-refractivity contribution is 0.112. The summed E-state index contributed by atoms with van der Waals surface area (Å²) in [6, 6.07) is 7.51. The van der Waals surface area contributed by atoms with Gasteiger partial charge in [0.15, 0.2) is 6.29 Å². The van der Waals surface area contributed by atoms with Crippen LogP contribution >= 0.6 is 0 Å². The predicted molar refractivity (Wildman–Crippen MR) is 60.3 cm³/mol. The summed E-state index contributed by atoms with van der Waals surface area (Å²) in [6.45, 7) is 0. The van der Waals surface area contributed by atoms with Crippen molar-refractivity contribution in [2.45, 2.75) is 0 Å². The van der Waals surface area contributed by atoms with Gasteiger partial charge in [-0.05, 0) is 12.1 Å². The Balaban J connectivity index is 0.000000385. The molecule has 0 atom stereocenters. The van der Waals surface area contributed by atoms with Crippen molar-refractivity contribution < 1.29 is 22.3 Å². The summed E-state index contributed by atoms with van der Waals surface area (Å²) in [4.78, 5) is 12.4. The van der Waals surface area contributed by atoms with E-state index in [1.54, 1.807) is 0 Å². The normalized spacial score (nSPS) is 10.0. The van der Waals surface area contributed by atoms with Gasteiger partial charge in [0, 0.05) is 25.3 Å². The molecule has 6 nitrogen and oxygen atoms in total. The van der Waals surface area contributed by atoms with Crippen molar-refractivity contribution in [3.63, 3.8) is 0 Å². The van der Waals surface area contributed by atoms with Crippen LogP contribution in [-0.4, -0.2) is 37.9 Å². The van der Waals surface area contributed by atoms with Gasteiger partial charge in [-0.15, -0.1) is 0 Å². The minimum absolute atomic E-state index is 0.734. The fourth-order valence-electron chi connectivity index (χ4n) is 0.994. The van der Waals surface area contributed by atoms with Gasteiger partial charge in [-0.1, -0.05) is 12.1 Å². The number of aldehydes is 1. The molecule has 0 saturated heterocycles. The summed E-state index contributed by atoms with van der Waals surface area (Å²) in [5, 5.41) is 0. The predicted octanol–water partition coefficient (Wildman–Crippen LogP) is 0.912. The highest BCUT2D eigenvalue weighted by Crippen LogP contribution is 2.14. The summed E-state index contributed by atoms with van der Waals surface area (Å²) in [7, 11) is -0.829. The number of hydrogen-bond acceptors (Lipinski definition) is 4. The maximum absolute atomic E-state index is 10.5. The average Bonchev–Trinajstić information content (AvgIpc) is 2.15. The number of anilines is 1. The molecule has 90 valence electrons. The maximum Gasteiger partial charge on any atom is 0.394 e. The Morgan fingerprint density at radius 1 is 1.19 bits per heavy atom. The van der Waals surface area contributed by atoms with E-state index in [1.165, 1.54) is 0 Å². The molecule has 0 fully saturated rings. The van der Waals surface area contributed by atoms with E-state index in [2.05, 4.69) is 0 Å². The molecule has 0 spiro atoms. The zero-order valence-corrected chi connectivity index (χ0v) is 9.68. The minimum atomic E-state index is -4.67. The molecule has 1 aromatic carbocycles. The van der Waals surface area contributed by atoms with Crippen LogP contribution in [0.4, 0.5) is 5.69 Å². The lowest BCUT2D eigenvalue weighted by Crippen LogP contribution is -2.10. The van der Waals surface area contributed by atoms with Crippen LogP contribution in [0.5, 0.6) is 0 Å². The van der Waals surface area contributed by atoms with Crippen molar-refractivity contribution in [2.24, 2.45) is 0 Å². The largest absolute Gasteiger partial charge is 0.394 e. The number of benzene rings is 1. The van der Waals surface area contributed by atoms with E-state index in [1.807, 2.05) is 43.3 Å². The van der Waals surface area contributed by atoms with Crippen LogP contribution < -0.4 is 4.90 Å². The molecule has 0 heterocycles. The summed E-state index contributed by atoms with van der Waals surface area (Å²) in [6.07, 6.45) is 0.870. The number of hydrogen-bond donors (Lipinski definition) is 2. The standard InChI is InChI=1S/C9H11NO.H2O4S/c1-10(2)9-6-4-3-5-8(9)7-11;1-5(2,3)4/h3-7H,1-2H3;(H2,1,2,3,4). The second-order valence-corrected chi connectivity index (χ2v) is 3.91. The zero-order valence-electron chi connectivity index (χ0n) is 8.86. The van der Waals surface area contributed by atoms with Crippen LogP contribution in [0.25, 0.3) is 0 Å². The number of carbonyl (C=O) groups is 1. The molecule has 16 heavy (non-hydrogen) atoms. The van der Waals surface area contributed by atoms with Gasteiger partial charge >= 0.3 is 10.4 Å². The molecule has 0 radical (unpaired) electrons.